The Hall–Kier alpha value is -1.67. The van der Waals surface area contributed by atoms with Gasteiger partial charge in [0.2, 0.25) is 0 Å². The van der Waals surface area contributed by atoms with E-state index in [0.29, 0.717) is 13.0 Å². The predicted octanol–water partition coefficient (Wildman–Crippen LogP) is 4.76. The highest BCUT2D eigenvalue weighted by Gasteiger charge is 2.82. The van der Waals surface area contributed by atoms with E-state index in [-0.39, 0.29) is 6.54 Å². The lowest BCUT2D eigenvalue weighted by Gasteiger charge is -2.45. The van der Waals surface area contributed by atoms with Gasteiger partial charge in [-0.25, -0.2) is 18.3 Å². The molecule has 0 aromatic heterocycles. The lowest BCUT2D eigenvalue weighted by molar-refractivity contribution is -0.840. The van der Waals surface area contributed by atoms with Crippen molar-refractivity contribution in [1.29, 1.82) is 0 Å². The smallest absolute Gasteiger partial charge is 0.439 e. The number of nitrogens with zero attached hydrogens (tertiary/aromatic N) is 2. The van der Waals surface area contributed by atoms with Gasteiger partial charge < -0.3 is 15.2 Å². The van der Waals surface area contributed by atoms with Crippen molar-refractivity contribution < 1.29 is 75.6 Å². The zero-order valence-electron chi connectivity index (χ0n) is 16.4. The van der Waals surface area contributed by atoms with Gasteiger partial charge in [0.1, 0.15) is 0 Å². The van der Waals surface area contributed by atoms with Gasteiger partial charge in [0.15, 0.2) is 13.5 Å². The molecule has 0 aromatic carbocycles. The SMILES string of the molecule is C[N+](C)([O-])CCCNC(=O)F.FCC(F)(F)F.FCN1C(F)(F)C(F)(F)OC(F)(F)C1(F)F. The van der Waals surface area contributed by atoms with Crippen molar-refractivity contribution >= 4 is 6.16 Å². The number of carbonyl (C=O) groups excluding carboxylic acids is 1. The van der Waals surface area contributed by atoms with Gasteiger partial charge in [0, 0.05) is 13.0 Å². The van der Waals surface area contributed by atoms with Gasteiger partial charge in [-0.1, -0.05) is 0 Å². The van der Waals surface area contributed by atoms with Crippen LogP contribution < -0.4 is 5.32 Å². The first-order chi connectivity index (χ1) is 14.4. The molecule has 0 saturated carbocycles. The fraction of sp³-hybridized carbons (Fsp3) is 0.923. The topological polar surface area (TPSA) is 64.6 Å². The molecule has 0 unspecified atom stereocenters. The zero-order chi connectivity index (χ0) is 27.1. The Kier molecular flexibility index (Phi) is 11.8. The van der Waals surface area contributed by atoms with Gasteiger partial charge in [0.05, 0.1) is 20.6 Å². The normalized spacial score (nSPS) is 21.1. The summed E-state index contributed by atoms with van der Waals surface area (Å²) in [6.45, 7) is -4.54. The number of nitrogens with one attached hydrogen (secondary N) is 1. The molecule has 1 saturated heterocycles. The van der Waals surface area contributed by atoms with Gasteiger partial charge in [-0.3, -0.25) is 0 Å². The van der Waals surface area contributed by atoms with E-state index in [4.69, 9.17) is 0 Å². The van der Waals surface area contributed by atoms with E-state index in [2.05, 4.69) is 0 Å². The van der Waals surface area contributed by atoms with Crippen LogP contribution >= 0.6 is 0 Å². The molecule has 1 aliphatic rings. The van der Waals surface area contributed by atoms with Crippen LogP contribution in [0.2, 0.25) is 0 Å². The number of morpholine rings is 1. The number of amides is 1. The molecule has 1 N–H and O–H groups in total. The molecule has 0 spiro atoms. The zero-order valence-corrected chi connectivity index (χ0v) is 16.4. The summed E-state index contributed by atoms with van der Waals surface area (Å²) in [6.07, 6.45) is -17.6. The Labute approximate surface area is 176 Å². The monoisotopic (exact) mass is 529 g/mol. The number of hydroxylamine groups is 3. The molecule has 0 atom stereocenters. The third-order valence-corrected chi connectivity index (χ3v) is 3.04. The molecule has 1 heterocycles. The highest BCUT2D eigenvalue weighted by molar-refractivity contribution is 5.65. The quantitative estimate of drug-likeness (QED) is 0.139. The fourth-order valence-electron chi connectivity index (χ4n) is 1.57. The molecule has 0 bridgehead atoms. The van der Waals surface area contributed by atoms with Crippen molar-refractivity contribution in [3.8, 4) is 0 Å². The van der Waals surface area contributed by atoms with Crippen LogP contribution in [0.5, 0.6) is 0 Å². The maximum atomic E-state index is 12.5. The number of carbonyl (C=O) groups is 1. The standard InChI is InChI=1S/C6H13FN2O2.C5H2F9NO.C2H2F4/c1-9(2,11)5-3-4-8-6(7)10;6-1-15-2(7,8)4(11,12)16-5(13,14)3(15,9)10;3-1-2(4,5)6/h3-5H2,1-2H3,(H,8,10);1H2;1H2. The van der Waals surface area contributed by atoms with E-state index in [1.54, 1.807) is 0 Å². The summed E-state index contributed by atoms with van der Waals surface area (Å²) in [4.78, 5) is 7.45. The summed E-state index contributed by atoms with van der Waals surface area (Å²) < 4.78 is 166. The molecule has 0 aliphatic carbocycles. The second kappa shape index (κ2) is 11.6. The van der Waals surface area contributed by atoms with Crippen LogP contribution in [0, 0.1) is 5.21 Å². The number of quaternary nitrogens is 1. The molecule has 1 amide bonds. The Bertz CT molecular complexity index is 583. The first kappa shape index (κ1) is 33.5. The summed E-state index contributed by atoms with van der Waals surface area (Å²) in [5, 5.41) is 12.8. The second-order valence-corrected chi connectivity index (χ2v) is 6.37. The van der Waals surface area contributed by atoms with E-state index < -0.39 is 59.7 Å². The van der Waals surface area contributed by atoms with Crippen LogP contribution in [0.4, 0.5) is 66.3 Å². The summed E-state index contributed by atoms with van der Waals surface area (Å²) in [5.41, 5.74) is 0. The average molecular weight is 529 g/mol. The summed E-state index contributed by atoms with van der Waals surface area (Å²) >= 11 is 0. The summed E-state index contributed by atoms with van der Waals surface area (Å²) in [6, 6.07) is -11.8. The van der Waals surface area contributed by atoms with Gasteiger partial charge in [-0.2, -0.15) is 48.3 Å². The summed E-state index contributed by atoms with van der Waals surface area (Å²) in [7, 11) is 2.99. The predicted molar refractivity (Wildman–Crippen MR) is 80.2 cm³/mol. The minimum absolute atomic E-state index is 0.221. The maximum absolute atomic E-state index is 12.5. The largest absolute Gasteiger partial charge is 0.633 e. The molecule has 200 valence electrons. The summed E-state index contributed by atoms with van der Waals surface area (Å²) in [5.74, 6) is 0. The van der Waals surface area contributed by atoms with Gasteiger partial charge >= 0.3 is 36.6 Å². The first-order valence-electron chi connectivity index (χ1n) is 8.03. The van der Waals surface area contributed by atoms with Crippen LogP contribution in [0.3, 0.4) is 0 Å². The van der Waals surface area contributed by atoms with Crippen LogP contribution in [-0.2, 0) is 4.74 Å². The maximum Gasteiger partial charge on any atom is 0.439 e. The lowest BCUT2D eigenvalue weighted by atomic mass is 10.3. The molecule has 33 heavy (non-hydrogen) atoms. The third-order valence-electron chi connectivity index (χ3n) is 3.04. The highest BCUT2D eigenvalue weighted by Crippen LogP contribution is 2.55. The molecular formula is C13H17F14N3O3. The van der Waals surface area contributed by atoms with Crippen molar-refractivity contribution in [2.45, 2.75) is 36.9 Å². The van der Waals surface area contributed by atoms with Crippen LogP contribution in [0.25, 0.3) is 0 Å². The van der Waals surface area contributed by atoms with E-state index in [0.717, 1.165) is 0 Å². The second-order valence-electron chi connectivity index (χ2n) is 6.37. The molecule has 1 fully saturated rings. The van der Waals surface area contributed by atoms with Crippen molar-refractivity contribution in [3.05, 3.63) is 5.21 Å². The van der Waals surface area contributed by atoms with E-state index >= 15 is 0 Å². The molecule has 1 rings (SSSR count). The molecule has 6 nitrogen and oxygen atoms in total. The number of hydrogen-bond acceptors (Lipinski definition) is 4. The molecule has 0 radical (unpaired) electrons. The first-order valence-corrected chi connectivity index (χ1v) is 8.03. The number of alkyl halides is 13. The van der Waals surface area contributed by atoms with Crippen molar-refractivity contribution in [2.24, 2.45) is 0 Å². The fourth-order valence-corrected chi connectivity index (χ4v) is 1.57. The molecule has 20 heteroatoms. The Morgan fingerprint density at radius 1 is 0.970 bits per heavy atom. The minimum atomic E-state index is -5.94. The Morgan fingerprint density at radius 3 is 1.58 bits per heavy atom. The van der Waals surface area contributed by atoms with E-state index in [1.165, 1.54) is 14.1 Å². The van der Waals surface area contributed by atoms with Crippen LogP contribution in [-0.4, -0.2) is 86.9 Å². The number of halogens is 14. The van der Waals surface area contributed by atoms with Gasteiger partial charge in [0.25, 0.3) is 0 Å². The van der Waals surface area contributed by atoms with Crippen molar-refractivity contribution in [2.75, 3.05) is 40.7 Å². The number of ether oxygens (including phenoxy) is 1. The molecular weight excluding hydrogens is 512 g/mol. The third kappa shape index (κ3) is 10.9. The minimum Gasteiger partial charge on any atom is -0.633 e. The highest BCUT2D eigenvalue weighted by atomic mass is 19.4. The molecule has 1 aliphatic heterocycles. The van der Waals surface area contributed by atoms with Crippen LogP contribution in [0.1, 0.15) is 6.42 Å². The van der Waals surface area contributed by atoms with Crippen LogP contribution in [0.15, 0.2) is 0 Å². The Morgan fingerprint density at radius 2 is 1.33 bits per heavy atom. The Balaban J connectivity index is 0. The van der Waals surface area contributed by atoms with Gasteiger partial charge in [-0.15, -0.1) is 9.29 Å². The molecule has 0 aromatic rings. The number of rotatable bonds is 5. The van der Waals surface area contributed by atoms with Crippen molar-refractivity contribution in [3.63, 3.8) is 0 Å². The number of hydrogen-bond donors (Lipinski definition) is 1. The average Bonchev–Trinajstić information content (AvgIpc) is 2.56. The van der Waals surface area contributed by atoms with E-state index in [9.17, 15) is 71.5 Å². The van der Waals surface area contributed by atoms with Crippen molar-refractivity contribution in [1.82, 2.24) is 10.2 Å². The lowest BCUT2D eigenvalue weighted by Crippen LogP contribution is -2.73. The van der Waals surface area contributed by atoms with Gasteiger partial charge in [-0.05, 0) is 0 Å². The van der Waals surface area contributed by atoms with E-state index in [1.807, 2.05) is 10.1 Å².